The van der Waals surface area contributed by atoms with Gasteiger partial charge in [0.2, 0.25) is 5.91 Å². The molecular weight excluding hydrogens is 213 g/mol. The Morgan fingerprint density at radius 1 is 1.56 bits per heavy atom. The van der Waals surface area contributed by atoms with E-state index in [1.54, 1.807) is 0 Å². The van der Waals surface area contributed by atoms with Gasteiger partial charge in [-0.1, -0.05) is 0 Å². The van der Waals surface area contributed by atoms with Crippen LogP contribution in [-0.4, -0.2) is 19.3 Å². The van der Waals surface area contributed by atoms with E-state index in [-0.39, 0.29) is 22.6 Å². The molecule has 0 spiro atoms. The molecule has 0 aliphatic carbocycles. The summed E-state index contributed by atoms with van der Waals surface area (Å²) < 4.78 is 18.6. The lowest BCUT2D eigenvalue weighted by atomic mass is 10.1. The summed E-state index contributed by atoms with van der Waals surface area (Å²) in [6.45, 7) is 2.74. The number of benzene rings is 1. The zero-order chi connectivity index (χ0) is 12.3. The highest BCUT2D eigenvalue weighted by molar-refractivity contribution is 5.91. The molecule has 0 radical (unpaired) electrons. The summed E-state index contributed by atoms with van der Waals surface area (Å²) in [5.74, 6) is -0.820. The van der Waals surface area contributed by atoms with E-state index in [4.69, 9.17) is 4.74 Å². The Morgan fingerprint density at radius 3 is 2.62 bits per heavy atom. The van der Waals surface area contributed by atoms with Crippen molar-refractivity contribution in [3.63, 3.8) is 0 Å². The van der Waals surface area contributed by atoms with E-state index in [9.17, 15) is 14.0 Å². The molecule has 0 aliphatic heterocycles. The quantitative estimate of drug-likeness (QED) is 0.799. The summed E-state index contributed by atoms with van der Waals surface area (Å²) in [6.07, 6.45) is 0.552. The highest BCUT2D eigenvalue weighted by Gasteiger charge is 2.16. The molecular formula is C11H12FNO3. The van der Waals surface area contributed by atoms with Gasteiger partial charge in [-0.25, -0.2) is 4.39 Å². The minimum absolute atomic E-state index is 0.0205. The molecule has 0 bridgehead atoms. The normalized spacial score (nSPS) is 9.75. The Hall–Kier alpha value is -1.91. The van der Waals surface area contributed by atoms with Gasteiger partial charge in [0.15, 0.2) is 12.1 Å². The molecule has 0 atom stereocenters. The average Bonchev–Trinajstić information content (AvgIpc) is 2.24. The summed E-state index contributed by atoms with van der Waals surface area (Å²) in [6, 6.07) is 1.25. The van der Waals surface area contributed by atoms with Crippen LogP contribution in [0, 0.1) is 12.7 Å². The van der Waals surface area contributed by atoms with Crippen molar-refractivity contribution in [3.05, 3.63) is 23.0 Å². The van der Waals surface area contributed by atoms with Crippen LogP contribution in [-0.2, 0) is 4.79 Å². The van der Waals surface area contributed by atoms with E-state index in [0.29, 0.717) is 6.29 Å². The summed E-state index contributed by atoms with van der Waals surface area (Å²) in [4.78, 5) is 21.6. The first-order valence-corrected chi connectivity index (χ1v) is 4.61. The molecule has 0 aliphatic rings. The van der Waals surface area contributed by atoms with Crippen LogP contribution in [0.2, 0.25) is 0 Å². The lowest BCUT2D eigenvalue weighted by Gasteiger charge is -2.12. The maximum Gasteiger partial charge on any atom is 0.221 e. The maximum atomic E-state index is 13.7. The smallest absolute Gasteiger partial charge is 0.221 e. The Bertz CT molecular complexity index is 443. The van der Waals surface area contributed by atoms with Crippen LogP contribution in [0.3, 0.4) is 0 Å². The second kappa shape index (κ2) is 4.74. The second-order valence-corrected chi connectivity index (χ2v) is 3.28. The zero-order valence-corrected chi connectivity index (χ0v) is 9.26. The van der Waals surface area contributed by atoms with Gasteiger partial charge < -0.3 is 10.1 Å². The highest BCUT2D eigenvalue weighted by Crippen LogP contribution is 2.30. The Morgan fingerprint density at radius 2 is 2.19 bits per heavy atom. The number of ether oxygens (including phenoxy) is 1. The molecule has 0 saturated heterocycles. The fourth-order valence-corrected chi connectivity index (χ4v) is 1.44. The van der Waals surface area contributed by atoms with Gasteiger partial charge in [-0.15, -0.1) is 0 Å². The molecule has 0 aromatic heterocycles. The molecule has 5 heteroatoms. The Balaban J connectivity index is 3.38. The van der Waals surface area contributed by atoms with Crippen molar-refractivity contribution in [3.8, 4) is 5.75 Å². The molecule has 0 fully saturated rings. The molecule has 1 aromatic rings. The Labute approximate surface area is 92.4 Å². The monoisotopic (exact) mass is 225 g/mol. The predicted octanol–water partition coefficient (Wildman–Crippen LogP) is 1.91. The predicted molar refractivity (Wildman–Crippen MR) is 57.4 cm³/mol. The summed E-state index contributed by atoms with van der Waals surface area (Å²) in [5, 5.41) is 2.31. The van der Waals surface area contributed by atoms with Crippen LogP contribution < -0.4 is 10.1 Å². The van der Waals surface area contributed by atoms with Gasteiger partial charge in [0.25, 0.3) is 0 Å². The standard InChI is InChI=1S/C11H12FNO3/c1-6-10(12)9(13-7(2)15)4-8(5-14)11(6)16-3/h4-5H,1-3H3,(H,13,15). The van der Waals surface area contributed by atoms with Crippen molar-refractivity contribution in [2.45, 2.75) is 13.8 Å². The summed E-state index contributed by atoms with van der Waals surface area (Å²) in [7, 11) is 1.35. The number of rotatable bonds is 3. The Kier molecular flexibility index (Phi) is 3.60. The second-order valence-electron chi connectivity index (χ2n) is 3.28. The van der Waals surface area contributed by atoms with E-state index < -0.39 is 11.7 Å². The first-order valence-electron chi connectivity index (χ1n) is 4.61. The number of amides is 1. The molecule has 0 saturated carbocycles. The van der Waals surface area contributed by atoms with Crippen LogP contribution in [0.5, 0.6) is 5.75 Å². The number of methoxy groups -OCH3 is 1. The minimum atomic E-state index is -0.599. The molecule has 16 heavy (non-hydrogen) atoms. The molecule has 1 N–H and O–H groups in total. The van der Waals surface area contributed by atoms with Crippen molar-refractivity contribution in [1.29, 1.82) is 0 Å². The third-order valence-electron chi connectivity index (χ3n) is 2.11. The van der Waals surface area contributed by atoms with Crippen LogP contribution in [0.25, 0.3) is 0 Å². The molecule has 0 heterocycles. The zero-order valence-electron chi connectivity index (χ0n) is 9.26. The van der Waals surface area contributed by atoms with Gasteiger partial charge in [0.05, 0.1) is 18.4 Å². The first-order chi connectivity index (χ1) is 7.51. The number of anilines is 1. The van der Waals surface area contributed by atoms with Crippen LogP contribution >= 0.6 is 0 Å². The van der Waals surface area contributed by atoms with Crippen molar-refractivity contribution in [2.75, 3.05) is 12.4 Å². The van der Waals surface area contributed by atoms with E-state index in [0.717, 1.165) is 0 Å². The molecule has 1 rings (SSSR count). The van der Waals surface area contributed by atoms with Crippen LogP contribution in [0.1, 0.15) is 22.8 Å². The number of halogens is 1. The molecule has 1 aromatic carbocycles. The van der Waals surface area contributed by atoms with E-state index in [2.05, 4.69) is 5.32 Å². The number of hydrogen-bond donors (Lipinski definition) is 1. The van der Waals surface area contributed by atoms with Gasteiger partial charge in [-0.05, 0) is 13.0 Å². The maximum absolute atomic E-state index is 13.7. The average molecular weight is 225 g/mol. The highest BCUT2D eigenvalue weighted by atomic mass is 19.1. The summed E-state index contributed by atoms with van der Waals surface area (Å²) >= 11 is 0. The van der Waals surface area contributed by atoms with Crippen molar-refractivity contribution in [2.24, 2.45) is 0 Å². The van der Waals surface area contributed by atoms with Gasteiger partial charge >= 0.3 is 0 Å². The third kappa shape index (κ3) is 2.18. The SMILES string of the molecule is COc1c(C=O)cc(NC(C)=O)c(F)c1C. The van der Waals surface area contributed by atoms with Crippen molar-refractivity contribution >= 4 is 17.9 Å². The van der Waals surface area contributed by atoms with E-state index in [1.165, 1.54) is 27.0 Å². The lowest BCUT2D eigenvalue weighted by Crippen LogP contribution is -2.10. The number of aldehydes is 1. The van der Waals surface area contributed by atoms with E-state index in [1.807, 2.05) is 0 Å². The largest absolute Gasteiger partial charge is 0.496 e. The summed E-state index contributed by atoms with van der Waals surface area (Å²) in [5.41, 5.74) is 0.369. The fourth-order valence-electron chi connectivity index (χ4n) is 1.44. The van der Waals surface area contributed by atoms with Crippen molar-refractivity contribution in [1.82, 2.24) is 0 Å². The third-order valence-corrected chi connectivity index (χ3v) is 2.11. The minimum Gasteiger partial charge on any atom is -0.496 e. The van der Waals surface area contributed by atoms with Crippen LogP contribution in [0.15, 0.2) is 6.07 Å². The van der Waals surface area contributed by atoms with Gasteiger partial charge in [-0.3, -0.25) is 9.59 Å². The van der Waals surface area contributed by atoms with Gasteiger partial charge in [0.1, 0.15) is 5.75 Å². The van der Waals surface area contributed by atoms with Gasteiger partial charge in [-0.2, -0.15) is 0 Å². The number of hydrogen-bond acceptors (Lipinski definition) is 3. The topological polar surface area (TPSA) is 55.4 Å². The first kappa shape index (κ1) is 12.2. The van der Waals surface area contributed by atoms with Gasteiger partial charge in [0, 0.05) is 12.5 Å². The lowest BCUT2D eigenvalue weighted by molar-refractivity contribution is -0.114. The molecule has 86 valence electrons. The molecule has 0 unspecified atom stereocenters. The van der Waals surface area contributed by atoms with Crippen molar-refractivity contribution < 1.29 is 18.7 Å². The molecule has 1 amide bonds. The number of nitrogens with one attached hydrogen (secondary N) is 1. The number of carbonyl (C=O) groups is 2. The molecule has 4 nitrogen and oxygen atoms in total. The fraction of sp³-hybridized carbons (Fsp3) is 0.273. The van der Waals surface area contributed by atoms with E-state index >= 15 is 0 Å². The van der Waals surface area contributed by atoms with Crippen LogP contribution in [0.4, 0.5) is 10.1 Å². The number of carbonyl (C=O) groups excluding carboxylic acids is 2.